The minimum absolute atomic E-state index is 0.0684. The zero-order chi connectivity index (χ0) is 14.5. The van der Waals surface area contributed by atoms with Gasteiger partial charge in [-0.05, 0) is 12.8 Å². The van der Waals surface area contributed by atoms with Gasteiger partial charge in [0.15, 0.2) is 0 Å². The van der Waals surface area contributed by atoms with Crippen molar-refractivity contribution in [1.82, 2.24) is 0 Å². The molecule has 3 N–H and O–H groups in total. The van der Waals surface area contributed by atoms with Crippen molar-refractivity contribution >= 4 is 11.9 Å². The topological polar surface area (TPSA) is 94.8 Å². The SMILES string of the molecule is O=C(O)C=C(O)CCCCCCCCCCC(=O)O. The lowest BCUT2D eigenvalue weighted by Gasteiger charge is -2.02. The number of carboxylic acid groups (broad SMARTS) is 2. The summed E-state index contributed by atoms with van der Waals surface area (Å²) in [7, 11) is 0. The molecule has 0 aliphatic rings. The first kappa shape index (κ1) is 17.5. The number of aliphatic hydroxyl groups is 1. The number of aliphatic carboxylic acids is 2. The lowest BCUT2D eigenvalue weighted by molar-refractivity contribution is -0.137. The Morgan fingerprint density at radius 2 is 1.11 bits per heavy atom. The van der Waals surface area contributed by atoms with E-state index in [1.807, 2.05) is 0 Å². The van der Waals surface area contributed by atoms with E-state index in [0.29, 0.717) is 6.42 Å². The minimum Gasteiger partial charge on any atom is -0.512 e. The van der Waals surface area contributed by atoms with E-state index < -0.39 is 11.9 Å². The molecule has 0 aliphatic heterocycles. The molecular formula is C14H24O5. The smallest absolute Gasteiger partial charge is 0.331 e. The van der Waals surface area contributed by atoms with Crippen LogP contribution < -0.4 is 0 Å². The molecule has 110 valence electrons. The molecule has 0 saturated heterocycles. The van der Waals surface area contributed by atoms with Crippen molar-refractivity contribution in [2.24, 2.45) is 0 Å². The number of aliphatic hydroxyl groups excluding tert-OH is 1. The summed E-state index contributed by atoms with van der Waals surface area (Å²) in [6, 6.07) is 0. The van der Waals surface area contributed by atoms with Gasteiger partial charge in [0.1, 0.15) is 0 Å². The first-order chi connectivity index (χ1) is 9.02. The van der Waals surface area contributed by atoms with Crippen LogP contribution in [-0.4, -0.2) is 27.3 Å². The van der Waals surface area contributed by atoms with E-state index in [2.05, 4.69) is 0 Å². The maximum Gasteiger partial charge on any atom is 0.331 e. The third-order valence-electron chi connectivity index (χ3n) is 2.86. The van der Waals surface area contributed by atoms with Crippen molar-refractivity contribution < 1.29 is 24.9 Å². The lowest BCUT2D eigenvalue weighted by Crippen LogP contribution is -1.93. The highest BCUT2D eigenvalue weighted by Gasteiger charge is 1.99. The molecule has 0 aromatic heterocycles. The lowest BCUT2D eigenvalue weighted by atomic mass is 10.1. The molecule has 0 spiro atoms. The summed E-state index contributed by atoms with van der Waals surface area (Å²) in [5, 5.41) is 26.0. The Balaban J connectivity index is 3.23. The van der Waals surface area contributed by atoms with Crippen molar-refractivity contribution in [2.45, 2.75) is 64.2 Å². The normalized spacial score (nSPS) is 11.5. The van der Waals surface area contributed by atoms with E-state index in [1.54, 1.807) is 0 Å². The third-order valence-corrected chi connectivity index (χ3v) is 2.86. The van der Waals surface area contributed by atoms with Crippen LogP contribution in [0.2, 0.25) is 0 Å². The average molecular weight is 272 g/mol. The molecule has 0 bridgehead atoms. The predicted molar refractivity (Wildman–Crippen MR) is 72.2 cm³/mol. The first-order valence-corrected chi connectivity index (χ1v) is 6.86. The number of carboxylic acids is 2. The fourth-order valence-corrected chi connectivity index (χ4v) is 1.86. The van der Waals surface area contributed by atoms with Gasteiger partial charge in [-0.25, -0.2) is 4.79 Å². The molecular weight excluding hydrogens is 248 g/mol. The molecule has 0 aromatic carbocycles. The number of allylic oxidation sites excluding steroid dienone is 1. The highest BCUT2D eigenvalue weighted by Crippen LogP contribution is 2.12. The Hall–Kier alpha value is -1.52. The van der Waals surface area contributed by atoms with Gasteiger partial charge < -0.3 is 15.3 Å². The molecule has 0 saturated carbocycles. The summed E-state index contributed by atoms with van der Waals surface area (Å²) in [6.07, 6.45) is 9.37. The molecule has 0 fully saturated rings. The zero-order valence-corrected chi connectivity index (χ0v) is 11.3. The summed E-state index contributed by atoms with van der Waals surface area (Å²) in [5.41, 5.74) is 0. The van der Waals surface area contributed by atoms with Gasteiger partial charge in [0.25, 0.3) is 0 Å². The predicted octanol–water partition coefficient (Wildman–Crippen LogP) is 3.50. The van der Waals surface area contributed by atoms with Gasteiger partial charge in [-0.2, -0.15) is 0 Å². The summed E-state index contributed by atoms with van der Waals surface area (Å²) >= 11 is 0. The van der Waals surface area contributed by atoms with Gasteiger partial charge in [-0.3, -0.25) is 4.79 Å². The Morgan fingerprint density at radius 3 is 1.53 bits per heavy atom. The van der Waals surface area contributed by atoms with Crippen LogP contribution in [0.25, 0.3) is 0 Å². The van der Waals surface area contributed by atoms with E-state index in [1.165, 1.54) is 0 Å². The monoisotopic (exact) mass is 272 g/mol. The van der Waals surface area contributed by atoms with Crippen LogP contribution >= 0.6 is 0 Å². The second kappa shape index (κ2) is 11.6. The van der Waals surface area contributed by atoms with Crippen LogP contribution in [-0.2, 0) is 9.59 Å². The molecule has 0 radical (unpaired) electrons. The van der Waals surface area contributed by atoms with Gasteiger partial charge in [0, 0.05) is 12.8 Å². The van der Waals surface area contributed by atoms with Crippen molar-refractivity contribution in [3.8, 4) is 0 Å². The van der Waals surface area contributed by atoms with E-state index in [-0.39, 0.29) is 12.2 Å². The van der Waals surface area contributed by atoms with E-state index >= 15 is 0 Å². The number of unbranched alkanes of at least 4 members (excludes halogenated alkanes) is 7. The van der Waals surface area contributed by atoms with E-state index in [9.17, 15) is 14.7 Å². The Morgan fingerprint density at radius 1 is 0.684 bits per heavy atom. The molecule has 0 rings (SSSR count). The van der Waals surface area contributed by atoms with Crippen molar-refractivity contribution in [3.05, 3.63) is 11.8 Å². The summed E-state index contributed by atoms with van der Waals surface area (Å²) < 4.78 is 0. The van der Waals surface area contributed by atoms with Gasteiger partial charge in [-0.15, -0.1) is 0 Å². The molecule has 0 aliphatic carbocycles. The van der Waals surface area contributed by atoms with Crippen molar-refractivity contribution in [2.75, 3.05) is 0 Å². The van der Waals surface area contributed by atoms with Crippen LogP contribution in [0.1, 0.15) is 64.2 Å². The van der Waals surface area contributed by atoms with Crippen LogP contribution in [0.15, 0.2) is 11.8 Å². The number of hydrogen-bond acceptors (Lipinski definition) is 3. The zero-order valence-electron chi connectivity index (χ0n) is 11.3. The van der Waals surface area contributed by atoms with E-state index in [4.69, 9.17) is 10.2 Å². The standard InChI is InChI=1S/C14H24O5/c15-12(11-14(18)19)9-7-5-3-1-2-4-6-8-10-13(16)17/h11,15H,1-10H2,(H,16,17)(H,18,19). The maximum atomic E-state index is 10.3. The second-order valence-corrected chi connectivity index (χ2v) is 4.70. The maximum absolute atomic E-state index is 10.3. The number of hydrogen-bond donors (Lipinski definition) is 3. The van der Waals surface area contributed by atoms with E-state index in [0.717, 1.165) is 57.4 Å². The van der Waals surface area contributed by atoms with Crippen LogP contribution in [0.5, 0.6) is 0 Å². The molecule has 0 aromatic rings. The number of carbonyl (C=O) groups is 2. The number of rotatable bonds is 12. The third kappa shape index (κ3) is 14.4. The minimum atomic E-state index is -1.11. The molecule has 0 atom stereocenters. The fourth-order valence-electron chi connectivity index (χ4n) is 1.86. The Kier molecular flexibility index (Phi) is 10.6. The average Bonchev–Trinajstić information content (AvgIpc) is 2.30. The summed E-state index contributed by atoms with van der Waals surface area (Å²) in [4.78, 5) is 20.5. The van der Waals surface area contributed by atoms with Crippen molar-refractivity contribution in [1.29, 1.82) is 0 Å². The largest absolute Gasteiger partial charge is 0.512 e. The van der Waals surface area contributed by atoms with Gasteiger partial charge in [0.2, 0.25) is 0 Å². The highest BCUT2D eigenvalue weighted by atomic mass is 16.4. The Labute approximate surface area is 113 Å². The molecule has 19 heavy (non-hydrogen) atoms. The molecule has 0 heterocycles. The molecule has 5 heteroatoms. The van der Waals surface area contributed by atoms with Crippen LogP contribution in [0.4, 0.5) is 0 Å². The quantitative estimate of drug-likeness (QED) is 0.287. The van der Waals surface area contributed by atoms with Gasteiger partial charge in [-0.1, -0.05) is 38.5 Å². The fraction of sp³-hybridized carbons (Fsp3) is 0.714. The highest BCUT2D eigenvalue weighted by molar-refractivity contribution is 5.80. The van der Waals surface area contributed by atoms with Gasteiger partial charge in [0.05, 0.1) is 11.8 Å². The Bertz CT molecular complexity index is 296. The van der Waals surface area contributed by atoms with Crippen LogP contribution in [0, 0.1) is 0 Å². The molecule has 0 amide bonds. The van der Waals surface area contributed by atoms with Gasteiger partial charge >= 0.3 is 11.9 Å². The summed E-state index contributed by atoms with van der Waals surface area (Å²) in [6.45, 7) is 0. The van der Waals surface area contributed by atoms with Crippen molar-refractivity contribution in [3.63, 3.8) is 0 Å². The summed E-state index contributed by atoms with van der Waals surface area (Å²) in [5.74, 6) is -1.91. The second-order valence-electron chi connectivity index (χ2n) is 4.70. The molecule has 0 unspecified atom stereocenters. The van der Waals surface area contributed by atoms with Crippen LogP contribution in [0.3, 0.4) is 0 Å². The first-order valence-electron chi connectivity index (χ1n) is 6.86. The molecule has 5 nitrogen and oxygen atoms in total.